The number of hydrogen-bond acceptors (Lipinski definition) is 3. The fourth-order valence-corrected chi connectivity index (χ4v) is 0.907. The van der Waals surface area contributed by atoms with Gasteiger partial charge in [0.2, 0.25) is 0 Å². The third-order valence-electron chi connectivity index (χ3n) is 1.49. The van der Waals surface area contributed by atoms with Crippen molar-refractivity contribution in [3.05, 3.63) is 0 Å². The lowest BCUT2D eigenvalue weighted by molar-refractivity contribution is -0.138. The van der Waals surface area contributed by atoms with Crippen LogP contribution in [0.3, 0.4) is 0 Å². The Morgan fingerprint density at radius 1 is 1.50 bits per heavy atom. The fraction of sp³-hybridized carbons (Fsp3) is 0.833. The summed E-state index contributed by atoms with van der Waals surface area (Å²) >= 11 is 0. The van der Waals surface area contributed by atoms with Gasteiger partial charge in [0.25, 0.3) is 0 Å². The Morgan fingerprint density at radius 2 is 2.30 bits per heavy atom. The molecule has 1 N–H and O–H groups in total. The van der Waals surface area contributed by atoms with Gasteiger partial charge in [0.1, 0.15) is 0 Å². The summed E-state index contributed by atoms with van der Waals surface area (Å²) in [5.74, 6) is -0.856. The van der Waals surface area contributed by atoms with E-state index >= 15 is 0 Å². The summed E-state index contributed by atoms with van der Waals surface area (Å²) in [5, 5.41) is 15.9. The molecule has 1 aliphatic heterocycles. The fourth-order valence-electron chi connectivity index (χ4n) is 0.907. The number of rotatable bonds is 1. The van der Waals surface area contributed by atoms with E-state index in [-0.39, 0.29) is 0 Å². The molecule has 56 valence electrons. The summed E-state index contributed by atoms with van der Waals surface area (Å²) in [6, 6.07) is -0.581. The van der Waals surface area contributed by atoms with Gasteiger partial charge in [0.15, 0.2) is 6.04 Å². The highest BCUT2D eigenvalue weighted by atomic mass is 16.4. The van der Waals surface area contributed by atoms with Crippen molar-refractivity contribution in [1.82, 2.24) is 0 Å². The minimum Gasteiger partial charge on any atom is -0.480 e. The molecule has 1 atom stereocenters. The molecule has 0 aliphatic carbocycles. The van der Waals surface area contributed by atoms with Crippen LogP contribution in [0.5, 0.6) is 0 Å². The predicted molar refractivity (Wildman–Crippen MR) is 35.0 cm³/mol. The molecule has 1 rings (SSSR count). The lowest BCUT2D eigenvalue weighted by Crippen LogP contribution is -2.16. The summed E-state index contributed by atoms with van der Waals surface area (Å²) in [5.41, 5.74) is 0. The average Bonchev–Trinajstić information content (AvgIpc) is 2.12. The highest BCUT2D eigenvalue weighted by Gasteiger charge is 2.16. The van der Waals surface area contributed by atoms with Gasteiger partial charge in [0, 0.05) is 0 Å². The summed E-state index contributed by atoms with van der Waals surface area (Å²) < 4.78 is 0. The quantitative estimate of drug-likeness (QED) is 0.595. The van der Waals surface area contributed by atoms with Gasteiger partial charge >= 0.3 is 5.97 Å². The van der Waals surface area contributed by atoms with Gasteiger partial charge in [-0.05, 0) is 19.3 Å². The first-order valence-electron chi connectivity index (χ1n) is 3.40. The van der Waals surface area contributed by atoms with Crippen molar-refractivity contribution in [3.63, 3.8) is 0 Å². The van der Waals surface area contributed by atoms with Gasteiger partial charge in [-0.1, -0.05) is 0 Å². The Morgan fingerprint density at radius 3 is 3.00 bits per heavy atom. The van der Waals surface area contributed by atoms with E-state index in [1.807, 2.05) is 0 Å². The molecule has 0 bridgehead atoms. The normalized spacial score (nSPS) is 25.8. The van der Waals surface area contributed by atoms with E-state index in [0.717, 1.165) is 12.8 Å². The minimum atomic E-state index is -0.856. The van der Waals surface area contributed by atoms with Crippen molar-refractivity contribution < 1.29 is 9.90 Å². The largest absolute Gasteiger partial charge is 0.480 e. The van der Waals surface area contributed by atoms with Crippen molar-refractivity contribution in [2.75, 3.05) is 6.54 Å². The average molecular weight is 142 g/mol. The number of carboxylic acids is 1. The SMILES string of the molecule is O=C(O)C1CCCCN=N1. The second kappa shape index (κ2) is 3.29. The Bertz CT molecular complexity index is 156. The summed E-state index contributed by atoms with van der Waals surface area (Å²) in [6.45, 7) is 0.684. The van der Waals surface area contributed by atoms with Crippen LogP contribution in [-0.4, -0.2) is 23.7 Å². The molecule has 0 saturated carbocycles. The summed E-state index contributed by atoms with van der Waals surface area (Å²) in [7, 11) is 0. The number of azo groups is 1. The molecule has 0 aromatic heterocycles. The first kappa shape index (κ1) is 7.18. The maximum atomic E-state index is 10.4. The van der Waals surface area contributed by atoms with E-state index in [1.165, 1.54) is 0 Å². The number of aliphatic carboxylic acids is 1. The first-order chi connectivity index (χ1) is 4.80. The van der Waals surface area contributed by atoms with Crippen LogP contribution in [0.4, 0.5) is 0 Å². The standard InChI is InChI=1S/C6H10N2O2/c9-6(10)5-3-1-2-4-7-8-5/h5H,1-4H2,(H,9,10). The maximum Gasteiger partial charge on any atom is 0.330 e. The third kappa shape index (κ3) is 1.79. The van der Waals surface area contributed by atoms with Crippen LogP contribution in [0.15, 0.2) is 10.2 Å². The van der Waals surface area contributed by atoms with E-state index in [2.05, 4.69) is 10.2 Å². The third-order valence-corrected chi connectivity index (χ3v) is 1.49. The highest BCUT2D eigenvalue weighted by Crippen LogP contribution is 2.09. The van der Waals surface area contributed by atoms with Crippen molar-refractivity contribution in [3.8, 4) is 0 Å². The van der Waals surface area contributed by atoms with E-state index in [0.29, 0.717) is 13.0 Å². The topological polar surface area (TPSA) is 62.0 Å². The molecule has 10 heavy (non-hydrogen) atoms. The van der Waals surface area contributed by atoms with Crippen LogP contribution in [0, 0.1) is 0 Å². The molecular weight excluding hydrogens is 132 g/mol. The molecule has 4 heteroatoms. The molecule has 0 spiro atoms. The van der Waals surface area contributed by atoms with Crippen LogP contribution in [0.2, 0.25) is 0 Å². The number of carbonyl (C=O) groups is 1. The molecule has 0 radical (unpaired) electrons. The molecule has 0 amide bonds. The van der Waals surface area contributed by atoms with Gasteiger partial charge in [-0.3, -0.25) is 0 Å². The lowest BCUT2D eigenvalue weighted by Gasteiger charge is -1.99. The zero-order valence-electron chi connectivity index (χ0n) is 5.66. The lowest BCUT2D eigenvalue weighted by atomic mass is 10.1. The monoisotopic (exact) mass is 142 g/mol. The molecule has 0 aromatic carbocycles. The molecule has 1 heterocycles. The van der Waals surface area contributed by atoms with Crippen molar-refractivity contribution in [2.24, 2.45) is 10.2 Å². The van der Waals surface area contributed by atoms with Crippen molar-refractivity contribution in [1.29, 1.82) is 0 Å². The zero-order valence-corrected chi connectivity index (χ0v) is 5.66. The molecule has 4 nitrogen and oxygen atoms in total. The van der Waals surface area contributed by atoms with Gasteiger partial charge < -0.3 is 5.11 Å². The van der Waals surface area contributed by atoms with Gasteiger partial charge in [-0.25, -0.2) is 4.79 Å². The van der Waals surface area contributed by atoms with Crippen LogP contribution in [-0.2, 0) is 4.79 Å². The van der Waals surface area contributed by atoms with Gasteiger partial charge in [-0.15, -0.1) is 0 Å². The second-order valence-corrected chi connectivity index (χ2v) is 2.33. The van der Waals surface area contributed by atoms with Crippen LogP contribution < -0.4 is 0 Å². The van der Waals surface area contributed by atoms with Gasteiger partial charge in [0.05, 0.1) is 6.54 Å². The van der Waals surface area contributed by atoms with E-state index in [1.54, 1.807) is 0 Å². The number of nitrogens with zero attached hydrogens (tertiary/aromatic N) is 2. The molecule has 0 aromatic rings. The molecule has 0 fully saturated rings. The Kier molecular flexibility index (Phi) is 2.36. The highest BCUT2D eigenvalue weighted by molar-refractivity contribution is 5.73. The molecular formula is C6H10N2O2. The summed E-state index contributed by atoms with van der Waals surface area (Å²) in [6.07, 6.45) is 2.52. The first-order valence-corrected chi connectivity index (χ1v) is 3.40. The van der Waals surface area contributed by atoms with Crippen molar-refractivity contribution in [2.45, 2.75) is 25.3 Å². The smallest absolute Gasteiger partial charge is 0.330 e. The predicted octanol–water partition coefficient (Wildman–Crippen LogP) is 1.08. The van der Waals surface area contributed by atoms with Crippen LogP contribution in [0.1, 0.15) is 19.3 Å². The van der Waals surface area contributed by atoms with Crippen molar-refractivity contribution >= 4 is 5.97 Å². The van der Waals surface area contributed by atoms with E-state index in [4.69, 9.17) is 5.11 Å². The van der Waals surface area contributed by atoms with E-state index < -0.39 is 12.0 Å². The number of hydrogen-bond donors (Lipinski definition) is 1. The zero-order chi connectivity index (χ0) is 7.40. The Labute approximate surface area is 59.0 Å². The minimum absolute atomic E-state index is 0.581. The second-order valence-electron chi connectivity index (χ2n) is 2.33. The van der Waals surface area contributed by atoms with Gasteiger partial charge in [-0.2, -0.15) is 10.2 Å². The maximum absolute atomic E-state index is 10.4. The molecule has 0 saturated heterocycles. The molecule has 1 unspecified atom stereocenters. The van der Waals surface area contributed by atoms with Crippen LogP contribution in [0.25, 0.3) is 0 Å². The van der Waals surface area contributed by atoms with E-state index in [9.17, 15) is 4.79 Å². The summed E-state index contributed by atoms with van der Waals surface area (Å²) in [4.78, 5) is 10.4. The van der Waals surface area contributed by atoms with Crippen LogP contribution >= 0.6 is 0 Å². The Hall–Kier alpha value is -0.930. The Balaban J connectivity index is 2.49. The molecule has 1 aliphatic rings. The number of carboxylic acid groups (broad SMARTS) is 1.